The normalized spacial score (nSPS) is 12.2. The Balaban J connectivity index is 1.32. The SMILES string of the molecule is C=CN/C=C(\C=C(/C)CNCc1ccccc1)c1ccc2[nH]nc(-c3cc4c(-c5cccc(F)c5)nccc4[nH]3)c2c1. The smallest absolute Gasteiger partial charge is 0.123 e. The summed E-state index contributed by atoms with van der Waals surface area (Å²) in [6.45, 7) is 7.49. The number of hydrogen-bond donors (Lipinski definition) is 4. The number of hydrogen-bond acceptors (Lipinski definition) is 4. The van der Waals surface area contributed by atoms with Crippen LogP contribution in [0, 0.1) is 5.82 Å². The zero-order valence-corrected chi connectivity index (χ0v) is 23.3. The zero-order valence-electron chi connectivity index (χ0n) is 23.3. The van der Waals surface area contributed by atoms with Gasteiger partial charge in [-0.3, -0.25) is 10.1 Å². The van der Waals surface area contributed by atoms with Crippen LogP contribution in [0.3, 0.4) is 0 Å². The average molecular weight is 555 g/mol. The van der Waals surface area contributed by atoms with Gasteiger partial charge in [0.05, 0.1) is 16.9 Å². The molecule has 0 aliphatic heterocycles. The van der Waals surface area contributed by atoms with Crippen LogP contribution >= 0.6 is 0 Å². The Hall–Kier alpha value is -5.27. The molecule has 6 aromatic rings. The molecule has 7 heteroatoms. The van der Waals surface area contributed by atoms with Gasteiger partial charge < -0.3 is 15.6 Å². The van der Waals surface area contributed by atoms with Crippen LogP contribution in [0.4, 0.5) is 4.39 Å². The van der Waals surface area contributed by atoms with Crippen molar-refractivity contribution in [1.82, 2.24) is 30.8 Å². The highest BCUT2D eigenvalue weighted by Crippen LogP contribution is 2.34. The molecule has 6 nitrogen and oxygen atoms in total. The molecule has 4 N–H and O–H groups in total. The van der Waals surface area contributed by atoms with Crippen LogP contribution in [-0.4, -0.2) is 26.7 Å². The number of H-pyrrole nitrogens is 2. The monoisotopic (exact) mass is 554 g/mol. The summed E-state index contributed by atoms with van der Waals surface area (Å²) in [6.07, 6.45) is 7.52. The maximum absolute atomic E-state index is 14.0. The number of halogens is 1. The third-order valence-electron chi connectivity index (χ3n) is 7.13. The van der Waals surface area contributed by atoms with Crippen molar-refractivity contribution in [3.05, 3.63) is 139 Å². The number of nitrogens with zero attached hydrogens (tertiary/aromatic N) is 2. The summed E-state index contributed by atoms with van der Waals surface area (Å²) < 4.78 is 14.0. The number of allylic oxidation sites excluding steroid dienone is 2. The first kappa shape index (κ1) is 26.9. The Kier molecular flexibility index (Phi) is 7.74. The Morgan fingerprint density at radius 1 is 0.929 bits per heavy atom. The molecule has 0 unspecified atom stereocenters. The minimum Gasteiger partial charge on any atom is -0.368 e. The first-order chi connectivity index (χ1) is 20.6. The third kappa shape index (κ3) is 5.77. The van der Waals surface area contributed by atoms with Gasteiger partial charge in [-0.05, 0) is 66.2 Å². The molecule has 42 heavy (non-hydrogen) atoms. The first-order valence-corrected chi connectivity index (χ1v) is 13.8. The molecular weight excluding hydrogens is 523 g/mol. The first-order valence-electron chi connectivity index (χ1n) is 13.8. The molecule has 0 amide bonds. The van der Waals surface area contributed by atoms with E-state index in [2.05, 4.69) is 86.8 Å². The van der Waals surface area contributed by atoms with Gasteiger partial charge in [0.25, 0.3) is 0 Å². The molecule has 0 aliphatic carbocycles. The maximum Gasteiger partial charge on any atom is 0.123 e. The molecule has 3 aromatic carbocycles. The van der Waals surface area contributed by atoms with Crippen molar-refractivity contribution in [2.45, 2.75) is 13.5 Å². The van der Waals surface area contributed by atoms with Gasteiger partial charge in [-0.15, -0.1) is 0 Å². The molecule has 3 aromatic heterocycles. The summed E-state index contributed by atoms with van der Waals surface area (Å²) in [5, 5.41) is 16.4. The van der Waals surface area contributed by atoms with Gasteiger partial charge >= 0.3 is 0 Å². The van der Waals surface area contributed by atoms with Crippen LogP contribution in [0.25, 0.3) is 50.0 Å². The molecule has 208 valence electrons. The van der Waals surface area contributed by atoms with Crippen LogP contribution in [0.2, 0.25) is 0 Å². The van der Waals surface area contributed by atoms with E-state index in [1.165, 1.54) is 23.3 Å². The van der Waals surface area contributed by atoms with Gasteiger partial charge in [0.1, 0.15) is 11.5 Å². The van der Waals surface area contributed by atoms with Crippen LogP contribution in [0.5, 0.6) is 0 Å². The fourth-order valence-corrected chi connectivity index (χ4v) is 5.12. The van der Waals surface area contributed by atoms with Crippen LogP contribution in [0.1, 0.15) is 18.1 Å². The minimum absolute atomic E-state index is 0.293. The predicted molar refractivity (Wildman–Crippen MR) is 170 cm³/mol. The van der Waals surface area contributed by atoms with Gasteiger partial charge in [0.15, 0.2) is 0 Å². The summed E-state index contributed by atoms with van der Waals surface area (Å²) in [6, 6.07) is 27.1. The zero-order chi connectivity index (χ0) is 28.9. The molecule has 0 aliphatic rings. The average Bonchev–Trinajstić information content (AvgIpc) is 3.63. The van der Waals surface area contributed by atoms with Crippen LogP contribution in [-0.2, 0) is 6.54 Å². The Morgan fingerprint density at radius 3 is 2.62 bits per heavy atom. The fraction of sp³-hybridized carbons (Fsp3) is 0.0857. The van der Waals surface area contributed by atoms with Gasteiger partial charge in [0.2, 0.25) is 0 Å². The van der Waals surface area contributed by atoms with E-state index >= 15 is 0 Å². The van der Waals surface area contributed by atoms with Crippen molar-refractivity contribution < 1.29 is 4.39 Å². The van der Waals surface area contributed by atoms with Crippen molar-refractivity contribution in [2.24, 2.45) is 0 Å². The molecule has 0 spiro atoms. The maximum atomic E-state index is 14.0. The second-order valence-corrected chi connectivity index (χ2v) is 10.2. The minimum atomic E-state index is -0.293. The summed E-state index contributed by atoms with van der Waals surface area (Å²) in [5.74, 6) is -0.293. The molecule has 0 saturated carbocycles. The Labute approximate surface area is 243 Å². The van der Waals surface area contributed by atoms with E-state index in [-0.39, 0.29) is 5.82 Å². The molecule has 0 atom stereocenters. The van der Waals surface area contributed by atoms with E-state index in [0.29, 0.717) is 0 Å². The molecule has 0 saturated heterocycles. The van der Waals surface area contributed by atoms with Gasteiger partial charge in [-0.1, -0.05) is 66.8 Å². The fourth-order valence-electron chi connectivity index (χ4n) is 5.12. The summed E-state index contributed by atoms with van der Waals surface area (Å²) in [5.41, 5.74) is 9.45. The highest BCUT2D eigenvalue weighted by Gasteiger charge is 2.15. The second-order valence-electron chi connectivity index (χ2n) is 10.2. The lowest BCUT2D eigenvalue weighted by Gasteiger charge is -2.09. The van der Waals surface area contributed by atoms with Crippen molar-refractivity contribution in [3.63, 3.8) is 0 Å². The molecule has 0 fully saturated rings. The Morgan fingerprint density at radius 2 is 1.79 bits per heavy atom. The summed E-state index contributed by atoms with van der Waals surface area (Å²) >= 11 is 0. The third-order valence-corrected chi connectivity index (χ3v) is 7.13. The largest absolute Gasteiger partial charge is 0.368 e. The van der Waals surface area contributed by atoms with E-state index in [1.54, 1.807) is 18.5 Å². The van der Waals surface area contributed by atoms with Crippen molar-refractivity contribution >= 4 is 27.4 Å². The van der Waals surface area contributed by atoms with Gasteiger partial charge in [-0.25, -0.2) is 4.39 Å². The number of fused-ring (bicyclic) bond motifs is 2. The number of aromatic amines is 2. The highest BCUT2D eigenvalue weighted by molar-refractivity contribution is 6.00. The van der Waals surface area contributed by atoms with Crippen molar-refractivity contribution in [1.29, 1.82) is 0 Å². The molecule has 6 rings (SSSR count). The lowest BCUT2D eigenvalue weighted by atomic mass is 10.0. The number of benzene rings is 3. The number of aromatic nitrogens is 4. The van der Waals surface area contributed by atoms with Crippen LogP contribution in [0.15, 0.2) is 122 Å². The standard InChI is InChI=1S/C35H31FN6/c1-3-37-22-27(16-23(2)20-38-21-24-8-5-4-6-9-24)25-12-13-32-29(18-25)35(42-41-32)33-19-30-31(40-33)14-15-39-34(30)26-10-7-11-28(36)17-26/h3-19,22,37-38,40H,1,20-21H2,2H3,(H,41,42)/b23-16+,27-22+. The van der Waals surface area contributed by atoms with Gasteiger partial charge in [-0.2, -0.15) is 5.10 Å². The van der Waals surface area contributed by atoms with E-state index in [0.717, 1.165) is 68.7 Å². The topological polar surface area (TPSA) is 81.4 Å². The Bertz CT molecular complexity index is 1930. The number of nitrogens with one attached hydrogen (secondary N) is 4. The van der Waals surface area contributed by atoms with E-state index < -0.39 is 0 Å². The molecular formula is C35H31FN6. The lowest BCUT2D eigenvalue weighted by molar-refractivity contribution is 0.628. The van der Waals surface area contributed by atoms with Gasteiger partial charge in [0, 0.05) is 47.3 Å². The highest BCUT2D eigenvalue weighted by atomic mass is 19.1. The predicted octanol–water partition coefficient (Wildman–Crippen LogP) is 7.72. The molecule has 0 radical (unpaired) electrons. The summed E-state index contributed by atoms with van der Waals surface area (Å²) in [7, 11) is 0. The molecule has 3 heterocycles. The van der Waals surface area contributed by atoms with E-state index in [4.69, 9.17) is 0 Å². The van der Waals surface area contributed by atoms with E-state index in [1.807, 2.05) is 36.5 Å². The lowest BCUT2D eigenvalue weighted by Crippen LogP contribution is -2.15. The number of rotatable bonds is 10. The summed E-state index contributed by atoms with van der Waals surface area (Å²) in [4.78, 5) is 8.05. The van der Waals surface area contributed by atoms with E-state index in [9.17, 15) is 4.39 Å². The van der Waals surface area contributed by atoms with Crippen LogP contribution < -0.4 is 10.6 Å². The van der Waals surface area contributed by atoms with Crippen molar-refractivity contribution in [2.75, 3.05) is 6.54 Å². The second kappa shape index (κ2) is 12.1. The molecule has 0 bridgehead atoms. The van der Waals surface area contributed by atoms with Crippen molar-refractivity contribution in [3.8, 4) is 22.6 Å². The number of pyridine rings is 1. The quantitative estimate of drug-likeness (QED) is 0.131.